The lowest BCUT2D eigenvalue weighted by molar-refractivity contribution is 1.15. The van der Waals surface area contributed by atoms with Crippen LogP contribution in [0.2, 0.25) is 0 Å². The van der Waals surface area contributed by atoms with Crippen LogP contribution in [-0.2, 0) is 0 Å². The molecule has 3 aromatic heterocycles. The first-order valence-electron chi connectivity index (χ1n) is 6.60. The summed E-state index contributed by atoms with van der Waals surface area (Å²) in [5.41, 5.74) is 5.14. The molecule has 0 saturated carbocycles. The van der Waals surface area contributed by atoms with E-state index >= 15 is 0 Å². The number of hydrogen-bond acceptors (Lipinski definition) is 5. The molecule has 0 unspecified atom stereocenters. The van der Waals surface area contributed by atoms with Gasteiger partial charge in [-0.1, -0.05) is 18.2 Å². The number of anilines is 1. The van der Waals surface area contributed by atoms with Crippen molar-refractivity contribution < 1.29 is 0 Å². The first-order valence-corrected chi connectivity index (χ1v) is 6.60. The first kappa shape index (κ1) is 12.3. The Morgan fingerprint density at radius 2 is 2.14 bits per heavy atom. The summed E-state index contributed by atoms with van der Waals surface area (Å²) in [5.74, 6) is 0.357. The van der Waals surface area contributed by atoms with Crippen molar-refractivity contribution in [1.29, 1.82) is 0 Å². The second-order valence-corrected chi connectivity index (χ2v) is 4.68. The smallest absolute Gasteiger partial charge is 0.276 e. The summed E-state index contributed by atoms with van der Waals surface area (Å²) in [6, 6.07) is 7.95. The van der Waals surface area contributed by atoms with E-state index in [1.54, 1.807) is 6.21 Å². The lowest BCUT2D eigenvalue weighted by atomic mass is 10.2. The molecule has 0 aliphatic rings. The minimum atomic E-state index is -0.272. The maximum Gasteiger partial charge on any atom is 0.276 e. The van der Waals surface area contributed by atoms with Gasteiger partial charge in [0.2, 0.25) is 5.95 Å². The Hall–Kier alpha value is -3.42. The largest absolute Gasteiger partial charge is 0.361 e. The Bertz CT molecular complexity index is 1040. The molecule has 1 aromatic carbocycles. The van der Waals surface area contributed by atoms with Crippen LogP contribution in [0.4, 0.5) is 5.95 Å². The Balaban J connectivity index is 1.61. The number of hydrogen-bond donors (Lipinski definition) is 4. The summed E-state index contributed by atoms with van der Waals surface area (Å²) in [6.45, 7) is 0. The molecule has 4 aromatic rings. The molecule has 0 saturated heterocycles. The van der Waals surface area contributed by atoms with Crippen LogP contribution < -0.4 is 11.0 Å². The standard InChI is InChI=1S/C14H11N7O/c22-13-11-12(16-7-17-13)20-14(19-11)21-18-6-8-5-15-10-4-2-1-3-9(8)10/h1-7,15H,(H3,16,17,19,20,21,22). The van der Waals surface area contributed by atoms with E-state index in [9.17, 15) is 4.79 Å². The number of imidazole rings is 1. The molecule has 0 amide bonds. The van der Waals surface area contributed by atoms with Crippen LogP contribution in [0.15, 0.2) is 46.7 Å². The van der Waals surface area contributed by atoms with Crippen molar-refractivity contribution in [2.75, 3.05) is 5.43 Å². The number of aromatic nitrogens is 5. The van der Waals surface area contributed by atoms with Crippen LogP contribution in [0.3, 0.4) is 0 Å². The lowest BCUT2D eigenvalue weighted by Crippen LogP contribution is -2.05. The third-order valence-electron chi connectivity index (χ3n) is 3.29. The van der Waals surface area contributed by atoms with Gasteiger partial charge in [-0.05, 0) is 6.07 Å². The number of nitrogens with one attached hydrogen (secondary N) is 4. The zero-order valence-electron chi connectivity index (χ0n) is 11.3. The second kappa shape index (κ2) is 4.85. The van der Waals surface area contributed by atoms with Gasteiger partial charge in [0.05, 0.1) is 12.5 Å². The van der Waals surface area contributed by atoms with Gasteiger partial charge in [0, 0.05) is 22.7 Å². The van der Waals surface area contributed by atoms with E-state index < -0.39 is 0 Å². The number of H-pyrrole nitrogens is 3. The average Bonchev–Trinajstić information content (AvgIpc) is 3.13. The Morgan fingerprint density at radius 3 is 3.05 bits per heavy atom. The molecule has 8 nitrogen and oxygen atoms in total. The van der Waals surface area contributed by atoms with Gasteiger partial charge in [-0.15, -0.1) is 0 Å². The van der Waals surface area contributed by atoms with E-state index in [1.165, 1.54) is 6.33 Å². The zero-order chi connectivity index (χ0) is 14.9. The number of rotatable bonds is 3. The maximum atomic E-state index is 11.6. The van der Waals surface area contributed by atoms with E-state index in [-0.39, 0.29) is 5.56 Å². The summed E-state index contributed by atoms with van der Waals surface area (Å²) in [5, 5.41) is 5.21. The van der Waals surface area contributed by atoms with Crippen LogP contribution in [0.25, 0.3) is 22.1 Å². The molecule has 0 spiro atoms. The minimum absolute atomic E-state index is 0.272. The molecule has 0 atom stereocenters. The highest BCUT2D eigenvalue weighted by Crippen LogP contribution is 2.15. The summed E-state index contributed by atoms with van der Waals surface area (Å²) in [6.07, 6.45) is 4.87. The summed E-state index contributed by atoms with van der Waals surface area (Å²) in [4.78, 5) is 28.1. The van der Waals surface area contributed by atoms with Crippen molar-refractivity contribution in [2.45, 2.75) is 0 Å². The number of para-hydroxylation sites is 1. The second-order valence-electron chi connectivity index (χ2n) is 4.68. The number of fused-ring (bicyclic) bond motifs is 2. The maximum absolute atomic E-state index is 11.6. The predicted molar refractivity (Wildman–Crippen MR) is 84.0 cm³/mol. The van der Waals surface area contributed by atoms with Gasteiger partial charge in [-0.25, -0.2) is 10.4 Å². The molecule has 0 bridgehead atoms. The fourth-order valence-electron chi connectivity index (χ4n) is 2.26. The van der Waals surface area contributed by atoms with Gasteiger partial charge in [-0.2, -0.15) is 10.1 Å². The van der Waals surface area contributed by atoms with E-state index in [0.717, 1.165) is 16.5 Å². The highest BCUT2D eigenvalue weighted by Gasteiger charge is 2.05. The third kappa shape index (κ3) is 2.03. The Labute approximate surface area is 123 Å². The molecule has 4 N–H and O–H groups in total. The van der Waals surface area contributed by atoms with Gasteiger partial charge in [0.15, 0.2) is 11.2 Å². The van der Waals surface area contributed by atoms with E-state index in [4.69, 9.17) is 0 Å². The number of aromatic amines is 3. The summed E-state index contributed by atoms with van der Waals surface area (Å²) >= 11 is 0. The molecule has 0 aliphatic carbocycles. The predicted octanol–water partition coefficient (Wildman–Crippen LogP) is 1.57. The van der Waals surface area contributed by atoms with E-state index in [0.29, 0.717) is 17.1 Å². The fourth-order valence-corrected chi connectivity index (χ4v) is 2.26. The molecular weight excluding hydrogens is 282 g/mol. The molecule has 3 heterocycles. The first-order chi connectivity index (χ1) is 10.8. The topological polar surface area (TPSA) is 115 Å². The normalized spacial score (nSPS) is 11.6. The van der Waals surface area contributed by atoms with Crippen LogP contribution >= 0.6 is 0 Å². The molecule has 22 heavy (non-hydrogen) atoms. The van der Waals surface area contributed by atoms with Gasteiger partial charge in [-0.3, -0.25) is 4.79 Å². The van der Waals surface area contributed by atoms with Crippen LogP contribution in [0.1, 0.15) is 5.56 Å². The molecule has 4 rings (SSSR count). The lowest BCUT2D eigenvalue weighted by Gasteiger charge is -1.93. The van der Waals surface area contributed by atoms with Crippen molar-refractivity contribution in [1.82, 2.24) is 24.9 Å². The monoisotopic (exact) mass is 293 g/mol. The van der Waals surface area contributed by atoms with E-state index in [1.807, 2.05) is 30.5 Å². The van der Waals surface area contributed by atoms with Gasteiger partial charge < -0.3 is 15.0 Å². The van der Waals surface area contributed by atoms with Crippen LogP contribution in [-0.4, -0.2) is 31.1 Å². The molecule has 108 valence electrons. The molecule has 0 radical (unpaired) electrons. The average molecular weight is 293 g/mol. The third-order valence-corrected chi connectivity index (χ3v) is 3.29. The Kier molecular flexibility index (Phi) is 2.72. The van der Waals surface area contributed by atoms with Crippen molar-refractivity contribution >= 4 is 34.2 Å². The number of nitrogens with zero attached hydrogens (tertiary/aromatic N) is 3. The molecule has 8 heteroatoms. The van der Waals surface area contributed by atoms with Crippen LogP contribution in [0, 0.1) is 0 Å². The minimum Gasteiger partial charge on any atom is -0.361 e. The van der Waals surface area contributed by atoms with Gasteiger partial charge in [0.25, 0.3) is 5.56 Å². The quantitative estimate of drug-likeness (QED) is 0.339. The van der Waals surface area contributed by atoms with Crippen molar-refractivity contribution in [3.05, 3.63) is 52.7 Å². The molecule has 0 fully saturated rings. The van der Waals surface area contributed by atoms with Crippen molar-refractivity contribution in [2.24, 2.45) is 5.10 Å². The summed E-state index contributed by atoms with van der Waals surface area (Å²) in [7, 11) is 0. The van der Waals surface area contributed by atoms with Crippen LogP contribution in [0.5, 0.6) is 0 Å². The highest BCUT2D eigenvalue weighted by atomic mass is 16.1. The number of benzene rings is 1. The Morgan fingerprint density at radius 1 is 1.23 bits per heavy atom. The highest BCUT2D eigenvalue weighted by molar-refractivity contribution is 5.99. The van der Waals surface area contributed by atoms with Gasteiger partial charge >= 0.3 is 0 Å². The zero-order valence-corrected chi connectivity index (χ0v) is 11.3. The van der Waals surface area contributed by atoms with Crippen molar-refractivity contribution in [3.63, 3.8) is 0 Å². The van der Waals surface area contributed by atoms with E-state index in [2.05, 4.69) is 35.4 Å². The van der Waals surface area contributed by atoms with Gasteiger partial charge in [0.1, 0.15) is 0 Å². The SMILES string of the molecule is O=c1[nH]cnc2nc(NN=Cc3c[nH]c4ccccc34)[nH]c12. The summed E-state index contributed by atoms with van der Waals surface area (Å²) < 4.78 is 0. The number of hydrazone groups is 1. The molecular formula is C14H11N7O. The molecule has 0 aliphatic heterocycles. The van der Waals surface area contributed by atoms with Crippen molar-refractivity contribution in [3.8, 4) is 0 Å². The fraction of sp³-hybridized carbons (Fsp3) is 0.